The predicted octanol–water partition coefficient (Wildman–Crippen LogP) is 2.85. The minimum atomic E-state index is -0.438. The second-order valence-electron chi connectivity index (χ2n) is 8.25. The first-order valence-electron chi connectivity index (χ1n) is 11.6. The molecule has 2 aromatic heterocycles. The van der Waals surface area contributed by atoms with E-state index in [9.17, 15) is 9.59 Å². The number of para-hydroxylation sites is 1. The molecule has 2 aromatic carbocycles. The summed E-state index contributed by atoms with van der Waals surface area (Å²) >= 11 is 0. The van der Waals surface area contributed by atoms with E-state index in [-0.39, 0.29) is 30.6 Å². The van der Waals surface area contributed by atoms with Gasteiger partial charge in [-0.2, -0.15) is 4.98 Å². The predicted molar refractivity (Wildman–Crippen MR) is 128 cm³/mol. The third kappa shape index (κ3) is 4.44. The van der Waals surface area contributed by atoms with Gasteiger partial charge in [0.05, 0.1) is 37.3 Å². The molecule has 0 aliphatic carbocycles. The highest BCUT2D eigenvalue weighted by atomic mass is 16.5. The molecule has 0 amide bonds. The molecule has 0 N–H and O–H groups in total. The van der Waals surface area contributed by atoms with Crippen molar-refractivity contribution in [1.82, 2.24) is 19.3 Å². The normalized spacial score (nSPS) is 15.5. The molecule has 10 nitrogen and oxygen atoms in total. The maximum absolute atomic E-state index is 13.4. The molecule has 0 saturated carbocycles. The Labute approximate surface area is 200 Å². The van der Waals surface area contributed by atoms with E-state index < -0.39 is 5.69 Å². The van der Waals surface area contributed by atoms with E-state index in [0.717, 1.165) is 12.8 Å². The van der Waals surface area contributed by atoms with E-state index in [1.165, 1.54) is 9.13 Å². The summed E-state index contributed by atoms with van der Waals surface area (Å²) in [5.41, 5.74) is 0.422. The second-order valence-corrected chi connectivity index (χ2v) is 8.25. The molecule has 3 heterocycles. The van der Waals surface area contributed by atoms with Gasteiger partial charge in [0.1, 0.15) is 6.54 Å². The van der Waals surface area contributed by atoms with Crippen molar-refractivity contribution in [1.29, 1.82) is 0 Å². The molecule has 1 aliphatic rings. The summed E-state index contributed by atoms with van der Waals surface area (Å²) in [5, 5.41) is 4.53. The Morgan fingerprint density at radius 3 is 2.74 bits per heavy atom. The van der Waals surface area contributed by atoms with E-state index in [1.54, 1.807) is 43.5 Å². The van der Waals surface area contributed by atoms with Gasteiger partial charge in [-0.1, -0.05) is 17.3 Å². The zero-order chi connectivity index (χ0) is 24.4. The number of hydrogen-bond acceptors (Lipinski definition) is 8. The van der Waals surface area contributed by atoms with Gasteiger partial charge in [0, 0.05) is 12.2 Å². The average Bonchev–Trinajstić information content (AvgIpc) is 3.57. The van der Waals surface area contributed by atoms with E-state index in [1.807, 2.05) is 13.0 Å². The maximum Gasteiger partial charge on any atom is 0.332 e. The summed E-state index contributed by atoms with van der Waals surface area (Å²) in [6, 6.07) is 12.4. The molecule has 1 aliphatic heterocycles. The Morgan fingerprint density at radius 2 is 1.97 bits per heavy atom. The van der Waals surface area contributed by atoms with E-state index in [4.69, 9.17) is 18.7 Å². The Hall–Kier alpha value is -3.92. The summed E-state index contributed by atoms with van der Waals surface area (Å²) in [5.74, 6) is 1.77. The van der Waals surface area contributed by atoms with Gasteiger partial charge in [-0.05, 0) is 50.1 Å². The van der Waals surface area contributed by atoms with Crippen molar-refractivity contribution in [3.63, 3.8) is 0 Å². The summed E-state index contributed by atoms with van der Waals surface area (Å²) < 4.78 is 24.8. The van der Waals surface area contributed by atoms with E-state index >= 15 is 0 Å². The van der Waals surface area contributed by atoms with E-state index in [2.05, 4.69) is 10.1 Å². The van der Waals surface area contributed by atoms with Crippen LogP contribution < -0.4 is 20.7 Å². The minimum Gasteiger partial charge on any atom is -0.493 e. The number of ether oxygens (including phenoxy) is 3. The van der Waals surface area contributed by atoms with Crippen LogP contribution in [0.1, 0.15) is 25.7 Å². The lowest BCUT2D eigenvalue weighted by Crippen LogP contribution is -2.42. The highest BCUT2D eigenvalue weighted by Gasteiger charge is 2.21. The van der Waals surface area contributed by atoms with Gasteiger partial charge in [-0.3, -0.25) is 13.9 Å². The number of aromatic nitrogens is 4. The van der Waals surface area contributed by atoms with Crippen LogP contribution >= 0.6 is 0 Å². The molecule has 5 rings (SSSR count). The molecule has 1 saturated heterocycles. The standard InChI is InChI=1S/C25H26N4O6/c1-3-33-20-11-10-16(13-21(20)32-2)23-26-22(35-27-23)15-28-19-9-5-4-8-18(19)24(30)29(25(28)31)14-17-7-6-12-34-17/h4-5,8-11,13,17H,3,6-7,12,14-15H2,1-2H3/t17-/m1/s1. The maximum atomic E-state index is 13.4. The number of methoxy groups -OCH3 is 1. The van der Waals surface area contributed by atoms with Crippen LogP contribution in [0.15, 0.2) is 56.6 Å². The fraction of sp³-hybridized carbons (Fsp3) is 0.360. The lowest BCUT2D eigenvalue weighted by Gasteiger charge is -2.15. The zero-order valence-electron chi connectivity index (χ0n) is 19.6. The Bertz CT molecular complexity index is 1470. The molecule has 0 bridgehead atoms. The average molecular weight is 479 g/mol. The van der Waals surface area contributed by atoms with Crippen LogP contribution in [0.5, 0.6) is 11.5 Å². The molecule has 35 heavy (non-hydrogen) atoms. The number of fused-ring (bicyclic) bond motifs is 1. The van der Waals surface area contributed by atoms with Crippen LogP contribution in [0, 0.1) is 0 Å². The van der Waals surface area contributed by atoms with Crippen molar-refractivity contribution >= 4 is 10.9 Å². The summed E-state index contributed by atoms with van der Waals surface area (Å²) in [7, 11) is 1.56. The van der Waals surface area contributed by atoms with Crippen molar-refractivity contribution in [3.05, 3.63) is 69.2 Å². The van der Waals surface area contributed by atoms with Crippen LogP contribution in [-0.4, -0.2) is 45.7 Å². The third-order valence-electron chi connectivity index (χ3n) is 6.03. The van der Waals surface area contributed by atoms with Crippen molar-refractivity contribution in [2.75, 3.05) is 20.3 Å². The van der Waals surface area contributed by atoms with Crippen molar-refractivity contribution in [3.8, 4) is 22.9 Å². The smallest absolute Gasteiger partial charge is 0.332 e. The van der Waals surface area contributed by atoms with Crippen LogP contribution in [-0.2, 0) is 17.8 Å². The van der Waals surface area contributed by atoms with Crippen molar-refractivity contribution in [2.24, 2.45) is 0 Å². The van der Waals surface area contributed by atoms with Gasteiger partial charge in [0.15, 0.2) is 11.5 Å². The highest BCUT2D eigenvalue weighted by Crippen LogP contribution is 2.31. The summed E-state index contributed by atoms with van der Waals surface area (Å²) in [4.78, 5) is 31.0. The topological polar surface area (TPSA) is 111 Å². The lowest BCUT2D eigenvalue weighted by atomic mass is 10.2. The highest BCUT2D eigenvalue weighted by molar-refractivity contribution is 5.77. The second kappa shape index (κ2) is 9.75. The summed E-state index contributed by atoms with van der Waals surface area (Å²) in [6.07, 6.45) is 1.58. The van der Waals surface area contributed by atoms with Gasteiger partial charge in [-0.15, -0.1) is 0 Å². The third-order valence-corrected chi connectivity index (χ3v) is 6.03. The van der Waals surface area contributed by atoms with Crippen LogP contribution in [0.2, 0.25) is 0 Å². The first kappa shape index (κ1) is 22.9. The van der Waals surface area contributed by atoms with Crippen LogP contribution in [0.3, 0.4) is 0 Å². The summed E-state index contributed by atoms with van der Waals surface area (Å²) in [6.45, 7) is 3.28. The van der Waals surface area contributed by atoms with Crippen LogP contribution in [0.25, 0.3) is 22.3 Å². The van der Waals surface area contributed by atoms with Gasteiger partial charge in [-0.25, -0.2) is 4.79 Å². The minimum absolute atomic E-state index is 0.0202. The molecule has 1 fully saturated rings. The molecule has 4 aromatic rings. The van der Waals surface area contributed by atoms with Gasteiger partial charge in [0.25, 0.3) is 5.56 Å². The Balaban J connectivity index is 1.51. The molecule has 0 radical (unpaired) electrons. The molecule has 0 unspecified atom stereocenters. The molecular formula is C25H26N4O6. The SMILES string of the molecule is CCOc1ccc(-c2noc(Cn3c(=O)n(C[C@H]4CCCO4)c(=O)c4ccccc43)n2)cc1OC. The van der Waals surface area contributed by atoms with E-state index in [0.29, 0.717) is 47.0 Å². The largest absolute Gasteiger partial charge is 0.493 e. The number of hydrogen-bond donors (Lipinski definition) is 0. The van der Waals surface area contributed by atoms with Gasteiger partial charge < -0.3 is 18.7 Å². The number of nitrogens with zero attached hydrogens (tertiary/aromatic N) is 4. The molecule has 0 spiro atoms. The number of benzene rings is 2. The fourth-order valence-electron chi connectivity index (χ4n) is 4.33. The van der Waals surface area contributed by atoms with Crippen LogP contribution in [0.4, 0.5) is 0 Å². The molecule has 182 valence electrons. The van der Waals surface area contributed by atoms with Crippen molar-refractivity contribution in [2.45, 2.75) is 39.0 Å². The molecular weight excluding hydrogens is 452 g/mol. The fourth-order valence-corrected chi connectivity index (χ4v) is 4.33. The van der Waals surface area contributed by atoms with Gasteiger partial charge in [0.2, 0.25) is 11.7 Å². The Morgan fingerprint density at radius 1 is 1.11 bits per heavy atom. The first-order valence-corrected chi connectivity index (χ1v) is 11.6. The Kier molecular flexibility index (Phi) is 6.37. The zero-order valence-corrected chi connectivity index (χ0v) is 19.6. The molecule has 10 heteroatoms. The number of rotatable bonds is 8. The monoisotopic (exact) mass is 478 g/mol. The quantitative estimate of drug-likeness (QED) is 0.380. The van der Waals surface area contributed by atoms with Gasteiger partial charge >= 0.3 is 5.69 Å². The lowest BCUT2D eigenvalue weighted by molar-refractivity contribution is 0.0948. The first-order chi connectivity index (χ1) is 17.1. The van der Waals surface area contributed by atoms with Crippen molar-refractivity contribution < 1.29 is 18.7 Å². The molecule has 1 atom stereocenters.